The first-order chi connectivity index (χ1) is 11.7. The fourth-order valence-electron chi connectivity index (χ4n) is 2.88. The van der Waals surface area contributed by atoms with E-state index in [4.69, 9.17) is 4.74 Å². The number of aromatic nitrogens is 2. The molecular weight excluding hydrogens is 302 g/mol. The van der Waals surface area contributed by atoms with Gasteiger partial charge in [0.2, 0.25) is 5.91 Å². The third-order valence-electron chi connectivity index (χ3n) is 4.49. The molecular formula is C19H25N3O2. The van der Waals surface area contributed by atoms with Gasteiger partial charge >= 0.3 is 0 Å². The summed E-state index contributed by atoms with van der Waals surface area (Å²) in [5, 5.41) is 3.02. The number of aryl methyl sites for hydroxylation is 2. The Bertz CT molecular complexity index is 687. The van der Waals surface area contributed by atoms with E-state index in [-0.39, 0.29) is 5.91 Å². The Hall–Kier alpha value is -2.30. The molecule has 128 valence electrons. The second-order valence-electron chi connectivity index (χ2n) is 6.38. The lowest BCUT2D eigenvalue weighted by Gasteiger charge is -2.11. The summed E-state index contributed by atoms with van der Waals surface area (Å²) < 4.78 is 7.37. The van der Waals surface area contributed by atoms with E-state index in [0.29, 0.717) is 18.9 Å². The number of ether oxygens (including phenoxy) is 1. The van der Waals surface area contributed by atoms with Gasteiger partial charge in [-0.05, 0) is 43.9 Å². The molecule has 0 aliphatic heterocycles. The van der Waals surface area contributed by atoms with E-state index < -0.39 is 0 Å². The topological polar surface area (TPSA) is 56.1 Å². The Morgan fingerprint density at radius 1 is 1.33 bits per heavy atom. The number of nitrogens with zero attached hydrogens (tertiary/aromatic N) is 2. The van der Waals surface area contributed by atoms with Gasteiger partial charge in [0.1, 0.15) is 11.6 Å². The molecule has 1 heterocycles. The molecule has 5 heteroatoms. The summed E-state index contributed by atoms with van der Waals surface area (Å²) in [4.78, 5) is 16.5. The van der Waals surface area contributed by atoms with E-state index in [9.17, 15) is 4.79 Å². The van der Waals surface area contributed by atoms with Crippen LogP contribution in [0.2, 0.25) is 0 Å². The van der Waals surface area contributed by atoms with E-state index >= 15 is 0 Å². The molecule has 1 aliphatic rings. The standard InChI is InChI=1S/C19H25N3O2/c1-14-13-21-19(16-6-7-16)22(14)12-11-20-18(23)10-5-15-3-8-17(24-2)9-4-15/h3-4,8-9,13,16H,5-7,10-12H2,1-2H3,(H,20,23). The van der Waals surface area contributed by atoms with Crippen molar-refractivity contribution in [2.75, 3.05) is 13.7 Å². The molecule has 0 unspecified atom stereocenters. The zero-order valence-corrected chi connectivity index (χ0v) is 14.4. The molecule has 1 N–H and O–H groups in total. The summed E-state index contributed by atoms with van der Waals surface area (Å²) in [7, 11) is 1.65. The predicted octanol–water partition coefficient (Wildman–Crippen LogP) is 2.83. The van der Waals surface area contributed by atoms with Crippen molar-refractivity contribution in [2.45, 2.75) is 45.1 Å². The Morgan fingerprint density at radius 3 is 2.75 bits per heavy atom. The van der Waals surface area contributed by atoms with Gasteiger partial charge in [0.15, 0.2) is 0 Å². The first-order valence-corrected chi connectivity index (χ1v) is 8.59. The van der Waals surface area contributed by atoms with Crippen molar-refractivity contribution in [3.05, 3.63) is 47.5 Å². The maximum absolute atomic E-state index is 12.0. The van der Waals surface area contributed by atoms with Gasteiger partial charge in [0.25, 0.3) is 0 Å². The fourth-order valence-corrected chi connectivity index (χ4v) is 2.88. The van der Waals surface area contributed by atoms with E-state index in [1.807, 2.05) is 30.5 Å². The minimum absolute atomic E-state index is 0.0940. The van der Waals surface area contributed by atoms with Crippen molar-refractivity contribution >= 4 is 5.91 Å². The maximum atomic E-state index is 12.0. The SMILES string of the molecule is COc1ccc(CCC(=O)NCCn2c(C)cnc2C2CC2)cc1. The van der Waals surface area contributed by atoms with Crippen LogP contribution in [0.5, 0.6) is 5.75 Å². The Balaban J connectivity index is 1.42. The highest BCUT2D eigenvalue weighted by molar-refractivity contribution is 5.76. The van der Waals surface area contributed by atoms with Crippen molar-refractivity contribution in [3.8, 4) is 5.75 Å². The summed E-state index contributed by atoms with van der Waals surface area (Å²) in [5.74, 6) is 2.74. The molecule has 0 saturated heterocycles. The zero-order chi connectivity index (χ0) is 16.9. The van der Waals surface area contributed by atoms with Gasteiger partial charge in [0.05, 0.1) is 7.11 Å². The molecule has 1 aromatic heterocycles. The van der Waals surface area contributed by atoms with Crippen molar-refractivity contribution in [2.24, 2.45) is 0 Å². The van der Waals surface area contributed by atoms with Crippen LogP contribution in [0.25, 0.3) is 0 Å². The van der Waals surface area contributed by atoms with Crippen LogP contribution < -0.4 is 10.1 Å². The van der Waals surface area contributed by atoms with Crippen molar-refractivity contribution in [3.63, 3.8) is 0 Å². The highest BCUT2D eigenvalue weighted by Crippen LogP contribution is 2.39. The third kappa shape index (κ3) is 4.16. The second kappa shape index (κ2) is 7.51. The number of nitrogens with one attached hydrogen (secondary N) is 1. The molecule has 0 atom stereocenters. The average molecular weight is 327 g/mol. The quantitative estimate of drug-likeness (QED) is 0.811. The van der Waals surface area contributed by atoms with Crippen LogP contribution >= 0.6 is 0 Å². The van der Waals surface area contributed by atoms with E-state index in [1.165, 1.54) is 24.4 Å². The Labute approximate surface area is 143 Å². The molecule has 0 radical (unpaired) electrons. The summed E-state index contributed by atoms with van der Waals surface area (Å²) in [6.45, 7) is 3.52. The maximum Gasteiger partial charge on any atom is 0.220 e. The number of imidazole rings is 1. The van der Waals surface area contributed by atoms with Gasteiger partial charge < -0.3 is 14.6 Å². The number of hydrogen-bond acceptors (Lipinski definition) is 3. The van der Waals surface area contributed by atoms with Crippen LogP contribution in [0, 0.1) is 6.92 Å². The van der Waals surface area contributed by atoms with Crippen molar-refractivity contribution in [1.29, 1.82) is 0 Å². The first kappa shape index (κ1) is 16.6. The highest BCUT2D eigenvalue weighted by Gasteiger charge is 2.28. The monoisotopic (exact) mass is 327 g/mol. The largest absolute Gasteiger partial charge is 0.497 e. The summed E-state index contributed by atoms with van der Waals surface area (Å²) >= 11 is 0. The first-order valence-electron chi connectivity index (χ1n) is 8.59. The van der Waals surface area contributed by atoms with Gasteiger partial charge in [-0.2, -0.15) is 0 Å². The molecule has 1 amide bonds. The number of benzene rings is 1. The fraction of sp³-hybridized carbons (Fsp3) is 0.474. The predicted molar refractivity (Wildman–Crippen MR) is 93.3 cm³/mol. The molecule has 3 rings (SSSR count). The molecule has 1 fully saturated rings. The lowest BCUT2D eigenvalue weighted by atomic mass is 10.1. The number of carbonyl (C=O) groups excluding carboxylic acids is 1. The molecule has 5 nitrogen and oxygen atoms in total. The van der Waals surface area contributed by atoms with Gasteiger partial charge in [-0.15, -0.1) is 0 Å². The van der Waals surface area contributed by atoms with Gasteiger partial charge in [-0.1, -0.05) is 12.1 Å². The molecule has 0 bridgehead atoms. The summed E-state index contributed by atoms with van der Waals surface area (Å²) in [6, 6.07) is 7.86. The van der Waals surface area contributed by atoms with E-state index in [2.05, 4.69) is 21.8 Å². The number of carbonyl (C=O) groups is 1. The lowest BCUT2D eigenvalue weighted by molar-refractivity contribution is -0.121. The van der Waals surface area contributed by atoms with Crippen LogP contribution in [-0.4, -0.2) is 29.1 Å². The van der Waals surface area contributed by atoms with Crippen LogP contribution in [-0.2, 0) is 17.8 Å². The molecule has 1 saturated carbocycles. The highest BCUT2D eigenvalue weighted by atomic mass is 16.5. The smallest absolute Gasteiger partial charge is 0.220 e. The third-order valence-corrected chi connectivity index (χ3v) is 4.49. The molecule has 2 aromatic rings. The summed E-state index contributed by atoms with van der Waals surface area (Å²) in [5.41, 5.74) is 2.32. The van der Waals surface area contributed by atoms with E-state index in [0.717, 1.165) is 24.3 Å². The van der Waals surface area contributed by atoms with Crippen LogP contribution in [0.1, 0.15) is 42.3 Å². The van der Waals surface area contributed by atoms with Gasteiger partial charge in [0, 0.05) is 37.3 Å². The summed E-state index contributed by atoms with van der Waals surface area (Å²) in [6.07, 6.45) is 5.66. The molecule has 24 heavy (non-hydrogen) atoms. The van der Waals surface area contributed by atoms with Crippen molar-refractivity contribution in [1.82, 2.24) is 14.9 Å². The number of methoxy groups -OCH3 is 1. The Kier molecular flexibility index (Phi) is 5.18. The van der Waals surface area contributed by atoms with Crippen LogP contribution in [0.4, 0.5) is 0 Å². The van der Waals surface area contributed by atoms with E-state index in [1.54, 1.807) is 7.11 Å². The zero-order valence-electron chi connectivity index (χ0n) is 14.4. The molecule has 1 aliphatic carbocycles. The minimum atomic E-state index is 0.0940. The minimum Gasteiger partial charge on any atom is -0.497 e. The number of rotatable bonds is 8. The number of hydrogen-bond donors (Lipinski definition) is 1. The Morgan fingerprint density at radius 2 is 2.08 bits per heavy atom. The van der Waals surface area contributed by atoms with Crippen LogP contribution in [0.15, 0.2) is 30.5 Å². The average Bonchev–Trinajstić information content (AvgIpc) is 3.38. The van der Waals surface area contributed by atoms with Gasteiger partial charge in [-0.25, -0.2) is 4.98 Å². The number of amides is 1. The second-order valence-corrected chi connectivity index (χ2v) is 6.38. The lowest BCUT2D eigenvalue weighted by Crippen LogP contribution is -2.28. The normalized spacial score (nSPS) is 13.8. The van der Waals surface area contributed by atoms with Gasteiger partial charge in [-0.3, -0.25) is 4.79 Å². The van der Waals surface area contributed by atoms with Crippen molar-refractivity contribution < 1.29 is 9.53 Å². The molecule has 1 aromatic carbocycles. The molecule has 0 spiro atoms. The van der Waals surface area contributed by atoms with Crippen LogP contribution in [0.3, 0.4) is 0 Å².